The molecule has 1 fully saturated rings. The van der Waals surface area contributed by atoms with E-state index in [1.807, 2.05) is 0 Å². The van der Waals surface area contributed by atoms with Crippen molar-refractivity contribution in [3.8, 4) is 11.5 Å². The van der Waals surface area contributed by atoms with Gasteiger partial charge in [0.25, 0.3) is 0 Å². The van der Waals surface area contributed by atoms with Crippen LogP contribution < -0.4 is 9.39 Å². The second kappa shape index (κ2) is 6.80. The lowest BCUT2D eigenvalue weighted by atomic mass is 9.70. The van der Waals surface area contributed by atoms with Gasteiger partial charge in [-0.1, -0.05) is 12.4 Å². The summed E-state index contributed by atoms with van der Waals surface area (Å²) >= 11 is 0. The fourth-order valence-corrected chi connectivity index (χ4v) is 3.28. The van der Waals surface area contributed by atoms with Gasteiger partial charge in [-0.25, -0.2) is 14.5 Å². The molecule has 11 nitrogen and oxygen atoms in total. The number of carboxylic acids is 1. The Bertz CT molecular complexity index is 912. The normalized spacial score (nSPS) is 18.0. The van der Waals surface area contributed by atoms with Crippen LogP contribution in [0, 0.1) is 0 Å². The van der Waals surface area contributed by atoms with E-state index in [2.05, 4.69) is 10.1 Å². The quantitative estimate of drug-likeness (QED) is 0.555. The minimum absolute atomic E-state index is 0.00225. The van der Waals surface area contributed by atoms with E-state index in [4.69, 9.17) is 9.39 Å². The number of aromatic carboxylic acids is 1. The molecular weight excluding hydrogens is 371 g/mol. The minimum Gasteiger partial charge on any atom is -0.669 e. The molecule has 0 spiro atoms. The second-order valence-corrected chi connectivity index (χ2v) is 6.88. The van der Waals surface area contributed by atoms with E-state index in [9.17, 15) is 24.7 Å². The summed E-state index contributed by atoms with van der Waals surface area (Å²) < 4.78 is 12.3. The summed E-state index contributed by atoms with van der Waals surface area (Å²) in [5, 5.41) is 33.0. The molecule has 1 aromatic heterocycles. The molecule has 0 saturated carbocycles. The van der Waals surface area contributed by atoms with Crippen LogP contribution in [0.4, 0.5) is 0 Å². The number of carboxylic acid groups (broad SMARTS) is 1. The van der Waals surface area contributed by atoms with Crippen LogP contribution in [0.3, 0.4) is 0 Å². The smallest absolute Gasteiger partial charge is 0.430 e. The highest BCUT2D eigenvalue weighted by molar-refractivity contribution is 6.59. The van der Waals surface area contributed by atoms with E-state index in [0.717, 1.165) is 0 Å². The van der Waals surface area contributed by atoms with Crippen molar-refractivity contribution in [1.29, 1.82) is 0 Å². The lowest BCUT2D eigenvalue weighted by molar-refractivity contribution is -0.140. The summed E-state index contributed by atoms with van der Waals surface area (Å²) in [7, 11) is 0. The van der Waals surface area contributed by atoms with Crippen molar-refractivity contribution in [2.45, 2.75) is 25.4 Å². The molecule has 1 saturated heterocycles. The average molecular weight is 389 g/mol. The minimum atomic E-state index is -3.09. The van der Waals surface area contributed by atoms with E-state index < -0.39 is 12.7 Å². The number of aromatic nitrogens is 3. The molecule has 1 aromatic carbocycles. The zero-order chi connectivity index (χ0) is 19.9. The highest BCUT2D eigenvalue weighted by atomic mass is 16.6. The molecule has 3 N–H and O–H groups in total. The number of carbonyl (C=O) groups is 2. The first-order valence-electron chi connectivity index (χ1n) is 8.78. The number of benzene rings is 1. The molecule has 3 heterocycles. The molecule has 148 valence electrons. The molecule has 0 atom stereocenters. The topological polar surface area (TPSA) is 147 Å². The number of hydrogen-bond acceptors (Lipinski definition) is 8. The monoisotopic (exact) mass is 389 g/mol. The molecule has 0 unspecified atom stereocenters. The zero-order valence-electron chi connectivity index (χ0n) is 14.8. The summed E-state index contributed by atoms with van der Waals surface area (Å²) in [4.78, 5) is 29.2. The van der Waals surface area contributed by atoms with E-state index >= 15 is 0 Å². The number of fused-ring (bicyclic) bond motifs is 1. The van der Waals surface area contributed by atoms with Crippen molar-refractivity contribution in [2.24, 2.45) is 0 Å². The van der Waals surface area contributed by atoms with E-state index in [1.165, 1.54) is 23.4 Å². The maximum absolute atomic E-state index is 12.1. The first kappa shape index (κ1) is 18.3. The lowest BCUT2D eigenvalue weighted by Gasteiger charge is -2.40. The van der Waals surface area contributed by atoms with Crippen molar-refractivity contribution >= 4 is 18.6 Å². The largest absolute Gasteiger partial charge is 0.669 e. The Balaban J connectivity index is 1.45. The van der Waals surface area contributed by atoms with Crippen LogP contribution in [0.5, 0.6) is 11.5 Å². The lowest BCUT2D eigenvalue weighted by Crippen LogP contribution is -2.57. The molecule has 0 bridgehead atoms. The van der Waals surface area contributed by atoms with E-state index in [1.54, 1.807) is 11.0 Å². The SMILES string of the molecule is O=C(O)c1c(OC2CN(C(=O)Cn3cncn3)C2)ccc2c1O[B-](O)(O)CC2. The standard InChI is InChI=1S/C16H18BN4O7/c22-13(7-21-9-18-8-19-21)20-5-11(6-20)27-12-2-1-10-3-4-17(25,26)28-15(10)14(12)16(23)24/h1-2,8-9,11,25-26H,3-7H2,(H,23,24)/q-1. The fraction of sp³-hybridized carbons (Fsp3) is 0.375. The van der Waals surface area contributed by atoms with Crippen LogP contribution in [0.25, 0.3) is 0 Å². The van der Waals surface area contributed by atoms with Crippen molar-refractivity contribution in [3.05, 3.63) is 35.9 Å². The summed E-state index contributed by atoms with van der Waals surface area (Å²) in [5.41, 5.74) is 0.322. The third-order valence-corrected chi connectivity index (χ3v) is 4.77. The number of likely N-dealkylation sites (tertiary alicyclic amines) is 1. The van der Waals surface area contributed by atoms with Gasteiger partial charge in [0.2, 0.25) is 5.91 Å². The van der Waals surface area contributed by atoms with Crippen molar-refractivity contribution in [1.82, 2.24) is 19.7 Å². The van der Waals surface area contributed by atoms with Gasteiger partial charge in [-0.2, -0.15) is 5.10 Å². The van der Waals surface area contributed by atoms with E-state index in [0.29, 0.717) is 18.7 Å². The van der Waals surface area contributed by atoms with Gasteiger partial charge in [0.1, 0.15) is 36.6 Å². The van der Waals surface area contributed by atoms with Gasteiger partial charge in [-0.05, 0) is 18.1 Å². The average Bonchev–Trinajstić information content (AvgIpc) is 3.08. The highest BCUT2D eigenvalue weighted by Crippen LogP contribution is 2.38. The number of carbonyl (C=O) groups excluding carboxylic acids is 1. The third kappa shape index (κ3) is 3.51. The van der Waals surface area contributed by atoms with E-state index in [-0.39, 0.29) is 48.4 Å². The second-order valence-electron chi connectivity index (χ2n) is 6.88. The Hall–Kier alpha value is -3.12. The van der Waals surface area contributed by atoms with Gasteiger partial charge >= 0.3 is 12.7 Å². The Morgan fingerprint density at radius 2 is 2.11 bits per heavy atom. The zero-order valence-corrected chi connectivity index (χ0v) is 14.8. The predicted molar refractivity (Wildman–Crippen MR) is 93.7 cm³/mol. The number of hydrogen-bond donors (Lipinski definition) is 3. The van der Waals surface area contributed by atoms with Gasteiger partial charge in [-0.3, -0.25) is 4.79 Å². The molecule has 28 heavy (non-hydrogen) atoms. The van der Waals surface area contributed by atoms with Crippen LogP contribution in [0.2, 0.25) is 6.32 Å². The number of ether oxygens (including phenoxy) is 1. The van der Waals surface area contributed by atoms with Crippen molar-refractivity contribution < 1.29 is 34.1 Å². The van der Waals surface area contributed by atoms with Crippen molar-refractivity contribution in [2.75, 3.05) is 13.1 Å². The molecule has 0 aliphatic carbocycles. The summed E-state index contributed by atoms with van der Waals surface area (Å²) in [6.07, 6.45) is 2.70. The predicted octanol–water partition coefficient (Wildman–Crippen LogP) is -0.876. The Labute approximate surface area is 159 Å². The highest BCUT2D eigenvalue weighted by Gasteiger charge is 2.36. The Morgan fingerprint density at radius 3 is 2.79 bits per heavy atom. The maximum Gasteiger partial charge on any atom is 0.430 e. The molecule has 0 radical (unpaired) electrons. The van der Waals surface area contributed by atoms with Gasteiger partial charge in [-0.15, -0.1) is 0 Å². The van der Waals surface area contributed by atoms with Crippen LogP contribution in [-0.4, -0.2) is 72.6 Å². The van der Waals surface area contributed by atoms with Crippen molar-refractivity contribution in [3.63, 3.8) is 0 Å². The number of amides is 1. The molecular formula is C16H18BN4O7-. The first-order chi connectivity index (χ1) is 13.3. The van der Waals surface area contributed by atoms with Gasteiger partial charge in [0, 0.05) is 0 Å². The number of nitrogens with zero attached hydrogens (tertiary/aromatic N) is 4. The molecule has 2 aliphatic rings. The maximum atomic E-state index is 12.1. The van der Waals surface area contributed by atoms with Crippen LogP contribution in [0.1, 0.15) is 15.9 Å². The summed E-state index contributed by atoms with van der Waals surface area (Å²) in [6, 6.07) is 3.18. The molecule has 1 amide bonds. The van der Waals surface area contributed by atoms with Crippen LogP contribution in [-0.2, 0) is 17.8 Å². The van der Waals surface area contributed by atoms with Crippen LogP contribution in [0.15, 0.2) is 24.8 Å². The number of rotatable bonds is 5. The van der Waals surface area contributed by atoms with Gasteiger partial charge in [0.05, 0.1) is 18.8 Å². The molecule has 2 aliphatic heterocycles. The molecule has 12 heteroatoms. The Morgan fingerprint density at radius 1 is 1.32 bits per heavy atom. The van der Waals surface area contributed by atoms with Crippen LogP contribution >= 0.6 is 0 Å². The summed E-state index contributed by atoms with van der Waals surface area (Å²) in [5.74, 6) is -1.46. The molecule has 2 aromatic rings. The fourth-order valence-electron chi connectivity index (χ4n) is 3.28. The Kier molecular flexibility index (Phi) is 4.44. The molecule has 4 rings (SSSR count). The number of aryl methyl sites for hydroxylation is 1. The first-order valence-corrected chi connectivity index (χ1v) is 8.78. The van der Waals surface area contributed by atoms with Gasteiger partial charge < -0.3 is 29.4 Å². The van der Waals surface area contributed by atoms with Gasteiger partial charge in [0.15, 0.2) is 0 Å². The summed E-state index contributed by atoms with van der Waals surface area (Å²) in [6.45, 7) is -2.42. The third-order valence-electron chi connectivity index (χ3n) is 4.77.